The molecule has 0 unspecified atom stereocenters. The molecule has 2 atom stereocenters. The van der Waals surface area contributed by atoms with Crippen molar-refractivity contribution in [2.45, 2.75) is 58.9 Å². The summed E-state index contributed by atoms with van der Waals surface area (Å²) in [5, 5.41) is 0.850. The highest BCUT2D eigenvalue weighted by atomic mass is 35.5. The van der Waals surface area contributed by atoms with Gasteiger partial charge in [0.15, 0.2) is 0 Å². The first-order valence-corrected chi connectivity index (χ1v) is 11.9. The molecule has 0 radical (unpaired) electrons. The molecule has 0 N–H and O–H groups in total. The lowest BCUT2D eigenvalue weighted by atomic mass is 9.68. The van der Waals surface area contributed by atoms with Gasteiger partial charge >= 0.3 is 0 Å². The van der Waals surface area contributed by atoms with E-state index in [1.54, 1.807) is 17.0 Å². The van der Waals surface area contributed by atoms with Crippen LogP contribution in [0.1, 0.15) is 64.5 Å². The summed E-state index contributed by atoms with van der Waals surface area (Å²) >= 11 is 12.6. The molecule has 2 aromatic carbocycles. The second-order valence-electron chi connectivity index (χ2n) is 9.54. The predicted octanol–water partition coefficient (Wildman–Crippen LogP) is 7.35. The molecule has 0 bridgehead atoms. The number of halogens is 2. The van der Waals surface area contributed by atoms with Gasteiger partial charge in [-0.2, -0.15) is 0 Å². The molecule has 168 valence electrons. The fourth-order valence-electron chi connectivity index (χ4n) is 4.89. The number of fused-ring (bicyclic) bond motifs is 2. The van der Waals surface area contributed by atoms with Gasteiger partial charge in [-0.25, -0.2) is 0 Å². The van der Waals surface area contributed by atoms with Crippen LogP contribution in [0.25, 0.3) is 0 Å². The first-order chi connectivity index (χ1) is 15.2. The molecule has 1 amide bonds. The fraction of sp³-hybridized carbons (Fsp3) is 0.423. The summed E-state index contributed by atoms with van der Waals surface area (Å²) < 4.78 is 0. The monoisotopic (exact) mass is 470 g/mol. The van der Waals surface area contributed by atoms with Gasteiger partial charge in [-0.3, -0.25) is 14.6 Å². The minimum absolute atomic E-state index is 0.00976. The van der Waals surface area contributed by atoms with Crippen molar-refractivity contribution in [2.75, 3.05) is 4.90 Å². The molecule has 1 saturated carbocycles. The number of amides is 1. The zero-order chi connectivity index (χ0) is 23.0. The molecule has 2 aromatic rings. The average molecular weight is 471 g/mol. The standard InChI is InChI=1S/C26H28Cl2N2O2/c1-4-5-10-23(32)30-21-9-7-6-8-19(21)29-20-14-26(2,3)15-22(31)24(20)25(30)16-11-12-17(27)18(28)13-16/h6-9,11-13,24-25H,4-5,10,14-15H2,1-3H3/t24-,25-/m0/s1. The van der Waals surface area contributed by atoms with Crippen molar-refractivity contribution in [3.05, 3.63) is 58.1 Å². The first kappa shape index (κ1) is 23.0. The number of hydrogen-bond acceptors (Lipinski definition) is 3. The van der Waals surface area contributed by atoms with E-state index in [9.17, 15) is 9.59 Å². The minimum Gasteiger partial charge on any atom is -0.302 e. The molecule has 1 aliphatic heterocycles. The molecule has 0 spiro atoms. The maximum Gasteiger partial charge on any atom is 0.227 e. The van der Waals surface area contributed by atoms with Crippen molar-refractivity contribution in [3.63, 3.8) is 0 Å². The van der Waals surface area contributed by atoms with Crippen LogP contribution in [0.5, 0.6) is 0 Å². The Balaban J connectivity index is 1.96. The molecule has 32 heavy (non-hydrogen) atoms. The number of rotatable bonds is 4. The summed E-state index contributed by atoms with van der Waals surface area (Å²) in [6.07, 6.45) is 3.25. The highest BCUT2D eigenvalue weighted by Crippen LogP contribution is 2.48. The normalized spacial score (nSPS) is 22.0. The quantitative estimate of drug-likeness (QED) is 0.468. The Morgan fingerprint density at radius 2 is 1.88 bits per heavy atom. The molecule has 1 aliphatic carbocycles. The molecule has 1 heterocycles. The molecular formula is C26H28Cl2N2O2. The van der Waals surface area contributed by atoms with E-state index < -0.39 is 12.0 Å². The molecular weight excluding hydrogens is 443 g/mol. The van der Waals surface area contributed by atoms with Crippen LogP contribution in [0.15, 0.2) is 47.5 Å². The van der Waals surface area contributed by atoms with Gasteiger partial charge in [-0.15, -0.1) is 0 Å². The SMILES string of the molecule is CCCCC(=O)N1c2ccccc2N=C2CC(C)(C)CC(=O)[C@H]2[C@@H]1c1ccc(Cl)c(Cl)c1. The Bertz CT molecular complexity index is 1090. The van der Waals surface area contributed by atoms with Crippen LogP contribution in [-0.2, 0) is 9.59 Å². The van der Waals surface area contributed by atoms with Crippen LogP contribution in [0.4, 0.5) is 11.4 Å². The van der Waals surface area contributed by atoms with Gasteiger partial charge in [0, 0.05) is 18.6 Å². The summed E-state index contributed by atoms with van der Waals surface area (Å²) in [5.74, 6) is -0.417. The molecule has 2 aliphatic rings. The van der Waals surface area contributed by atoms with E-state index in [-0.39, 0.29) is 17.1 Å². The maximum absolute atomic E-state index is 13.6. The lowest BCUT2D eigenvalue weighted by Gasteiger charge is -2.41. The van der Waals surface area contributed by atoms with Gasteiger partial charge in [-0.1, -0.05) is 68.6 Å². The van der Waals surface area contributed by atoms with E-state index in [4.69, 9.17) is 28.2 Å². The van der Waals surface area contributed by atoms with E-state index in [0.717, 1.165) is 35.5 Å². The molecule has 0 saturated heterocycles. The fourth-order valence-corrected chi connectivity index (χ4v) is 5.20. The summed E-state index contributed by atoms with van der Waals surface area (Å²) in [5.41, 5.74) is 2.92. The number of Topliss-reactive ketones (excluding diaryl/α,β-unsaturated/α-hetero) is 1. The maximum atomic E-state index is 13.6. The van der Waals surface area contributed by atoms with Crippen LogP contribution < -0.4 is 4.90 Å². The Labute approximate surface area is 199 Å². The van der Waals surface area contributed by atoms with E-state index in [2.05, 4.69) is 20.8 Å². The first-order valence-electron chi connectivity index (χ1n) is 11.2. The minimum atomic E-state index is -0.516. The van der Waals surface area contributed by atoms with Crippen molar-refractivity contribution in [1.82, 2.24) is 0 Å². The number of nitrogens with zero attached hydrogens (tertiary/aromatic N) is 2. The number of para-hydroxylation sites is 2. The van der Waals surface area contributed by atoms with Crippen molar-refractivity contribution in [1.29, 1.82) is 0 Å². The lowest BCUT2D eigenvalue weighted by molar-refractivity contribution is -0.125. The Morgan fingerprint density at radius 3 is 2.59 bits per heavy atom. The van der Waals surface area contributed by atoms with Gasteiger partial charge < -0.3 is 4.90 Å². The van der Waals surface area contributed by atoms with Gasteiger partial charge in [0.25, 0.3) is 0 Å². The van der Waals surface area contributed by atoms with Crippen LogP contribution in [-0.4, -0.2) is 17.4 Å². The summed E-state index contributed by atoms with van der Waals surface area (Å²) in [6.45, 7) is 6.26. The van der Waals surface area contributed by atoms with Crippen molar-refractivity contribution < 1.29 is 9.59 Å². The number of carbonyl (C=O) groups is 2. The second-order valence-corrected chi connectivity index (χ2v) is 10.4. The summed E-state index contributed by atoms with van der Waals surface area (Å²) in [6, 6.07) is 12.5. The zero-order valence-corrected chi connectivity index (χ0v) is 20.2. The third-order valence-corrected chi connectivity index (χ3v) is 7.05. The Hall–Kier alpha value is -2.17. The van der Waals surface area contributed by atoms with Crippen LogP contribution >= 0.6 is 23.2 Å². The average Bonchev–Trinajstić information content (AvgIpc) is 2.87. The van der Waals surface area contributed by atoms with E-state index in [0.29, 0.717) is 29.3 Å². The largest absolute Gasteiger partial charge is 0.302 e. The number of hydrogen-bond donors (Lipinski definition) is 0. The van der Waals surface area contributed by atoms with Gasteiger partial charge in [0.1, 0.15) is 5.78 Å². The third kappa shape index (κ3) is 4.35. The third-order valence-electron chi connectivity index (χ3n) is 6.32. The van der Waals surface area contributed by atoms with Gasteiger partial charge in [0.05, 0.1) is 33.4 Å². The van der Waals surface area contributed by atoms with Crippen LogP contribution in [0.3, 0.4) is 0 Å². The number of benzene rings is 2. The molecule has 6 heteroatoms. The van der Waals surface area contributed by atoms with Gasteiger partial charge in [0.2, 0.25) is 5.91 Å². The van der Waals surface area contributed by atoms with E-state index in [1.165, 1.54) is 0 Å². The van der Waals surface area contributed by atoms with Crippen molar-refractivity contribution in [2.24, 2.45) is 16.3 Å². The number of ketones is 1. The second kappa shape index (κ2) is 8.99. The number of anilines is 1. The number of unbranched alkanes of at least 4 members (excludes halogenated alkanes) is 1. The molecule has 4 rings (SSSR count). The van der Waals surface area contributed by atoms with Crippen LogP contribution in [0.2, 0.25) is 10.0 Å². The smallest absolute Gasteiger partial charge is 0.227 e. The molecule has 4 nitrogen and oxygen atoms in total. The molecule has 0 aromatic heterocycles. The Kier molecular flexibility index (Phi) is 6.46. The van der Waals surface area contributed by atoms with Gasteiger partial charge in [-0.05, 0) is 48.1 Å². The highest BCUT2D eigenvalue weighted by Gasteiger charge is 2.47. The Morgan fingerprint density at radius 1 is 1.12 bits per heavy atom. The van der Waals surface area contributed by atoms with E-state index in [1.807, 2.05) is 30.3 Å². The zero-order valence-electron chi connectivity index (χ0n) is 18.7. The van der Waals surface area contributed by atoms with Crippen LogP contribution in [0, 0.1) is 11.3 Å². The van der Waals surface area contributed by atoms with Crippen molar-refractivity contribution in [3.8, 4) is 0 Å². The summed E-state index contributed by atoms with van der Waals surface area (Å²) in [4.78, 5) is 34.0. The number of aliphatic imine (C=N–C) groups is 1. The topological polar surface area (TPSA) is 49.7 Å². The van der Waals surface area contributed by atoms with Crippen molar-refractivity contribution >= 4 is 52.0 Å². The summed E-state index contributed by atoms with van der Waals surface area (Å²) in [7, 11) is 0. The van der Waals surface area contributed by atoms with E-state index >= 15 is 0 Å². The lowest BCUT2D eigenvalue weighted by Crippen LogP contribution is -2.47. The highest BCUT2D eigenvalue weighted by molar-refractivity contribution is 6.42. The molecule has 1 fully saturated rings. The predicted molar refractivity (Wildman–Crippen MR) is 131 cm³/mol. The number of carbonyl (C=O) groups excluding carboxylic acids is 2.